The van der Waals surface area contributed by atoms with Crippen molar-refractivity contribution in [2.75, 3.05) is 29.5 Å². The number of sulfonamides is 1. The third kappa shape index (κ3) is 6.45. The Hall–Kier alpha value is -3.59. The van der Waals surface area contributed by atoms with Crippen LogP contribution in [0.15, 0.2) is 53.7 Å². The van der Waals surface area contributed by atoms with Crippen LogP contribution in [0.4, 0.5) is 17.3 Å². The van der Waals surface area contributed by atoms with Crippen LogP contribution in [-0.2, 0) is 41.0 Å². The Kier molecular flexibility index (Phi) is 8.56. The number of imidazole rings is 1. The molecule has 12 nitrogen and oxygen atoms in total. The lowest BCUT2D eigenvalue weighted by molar-refractivity contribution is 0.288. The lowest BCUT2D eigenvalue weighted by Gasteiger charge is -2.16. The van der Waals surface area contributed by atoms with E-state index < -0.39 is 21.1 Å². The molecule has 202 valence electrons. The van der Waals surface area contributed by atoms with Crippen LogP contribution >= 0.6 is 0 Å². The lowest BCUT2D eigenvalue weighted by atomic mass is 10.1. The molecule has 14 heteroatoms. The van der Waals surface area contributed by atoms with Crippen LogP contribution in [0.5, 0.6) is 5.75 Å². The van der Waals surface area contributed by atoms with E-state index in [0.717, 1.165) is 5.56 Å². The van der Waals surface area contributed by atoms with Crippen LogP contribution in [-0.4, -0.2) is 61.3 Å². The molecule has 3 N–H and O–H groups in total. The van der Waals surface area contributed by atoms with Crippen molar-refractivity contribution >= 4 is 49.5 Å². The van der Waals surface area contributed by atoms with Crippen molar-refractivity contribution in [3.05, 3.63) is 60.0 Å². The number of hydrogen-bond donors (Lipinski definition) is 3. The smallest absolute Gasteiger partial charge is 0.282 e. The van der Waals surface area contributed by atoms with Gasteiger partial charge in [-0.05, 0) is 42.7 Å². The van der Waals surface area contributed by atoms with Gasteiger partial charge in [-0.25, -0.2) is 15.0 Å². The number of aliphatic hydroxyl groups excluding tert-OH is 1. The largest absolute Gasteiger partial charge is 0.772 e. The van der Waals surface area contributed by atoms with Crippen LogP contribution in [0, 0.1) is 0 Å². The number of aliphatic hydroxyl groups is 1. The molecule has 0 bridgehead atoms. The summed E-state index contributed by atoms with van der Waals surface area (Å²) in [4.78, 5) is 13.2. The highest BCUT2D eigenvalue weighted by Crippen LogP contribution is 2.32. The van der Waals surface area contributed by atoms with E-state index in [1.165, 1.54) is 17.9 Å². The topological polar surface area (TPSA) is 171 Å². The number of ether oxygens (including phenoxy) is 1. The van der Waals surface area contributed by atoms with E-state index in [2.05, 4.69) is 25.0 Å². The van der Waals surface area contributed by atoms with Crippen molar-refractivity contribution in [2.24, 2.45) is 7.05 Å². The van der Waals surface area contributed by atoms with Crippen molar-refractivity contribution in [3.63, 3.8) is 0 Å². The fourth-order valence-electron chi connectivity index (χ4n) is 3.75. The van der Waals surface area contributed by atoms with E-state index in [-0.39, 0.29) is 35.4 Å². The summed E-state index contributed by atoms with van der Waals surface area (Å²) in [6.45, 7) is 0.0778. The lowest BCUT2D eigenvalue weighted by Crippen LogP contribution is -2.16. The number of hydrogen-bond acceptors (Lipinski definition) is 10. The minimum absolute atomic E-state index is 0.0528. The third-order valence-corrected chi connectivity index (χ3v) is 7.41. The minimum Gasteiger partial charge on any atom is -0.772 e. The predicted octanol–water partition coefficient (Wildman–Crippen LogP) is 2.26. The third-order valence-electron chi connectivity index (χ3n) is 5.66. The first-order valence-electron chi connectivity index (χ1n) is 11.6. The number of aromatic nitrogens is 4. The minimum atomic E-state index is -4.20. The van der Waals surface area contributed by atoms with E-state index in [1.54, 1.807) is 37.4 Å². The van der Waals surface area contributed by atoms with E-state index in [1.807, 2.05) is 12.1 Å². The quantitative estimate of drug-likeness (QED) is 0.219. The van der Waals surface area contributed by atoms with Crippen molar-refractivity contribution in [1.29, 1.82) is 0 Å². The highest BCUT2D eigenvalue weighted by Gasteiger charge is 2.23. The summed E-state index contributed by atoms with van der Waals surface area (Å²) in [7, 11) is -1.09. The number of para-hydroxylation sites is 2. The second-order valence-corrected chi connectivity index (χ2v) is 11.0. The molecule has 0 aliphatic heterocycles. The normalized spacial score (nSPS) is 12.4. The first-order valence-corrected chi connectivity index (χ1v) is 14.4. The Morgan fingerprint density at radius 2 is 1.79 bits per heavy atom. The molecule has 0 fully saturated rings. The molecule has 2 heterocycles. The summed E-state index contributed by atoms with van der Waals surface area (Å²) in [5.74, 6) is 0.732. The average Bonchev–Trinajstić information content (AvgIpc) is 3.28. The average molecular weight is 560 g/mol. The Morgan fingerprint density at radius 1 is 1.08 bits per heavy atom. The summed E-state index contributed by atoms with van der Waals surface area (Å²) < 4.78 is 57.8. The molecular formula is C24H27N6O6S2-. The molecule has 0 saturated heterocycles. The predicted molar refractivity (Wildman–Crippen MR) is 143 cm³/mol. The number of methoxy groups -OCH3 is 1. The van der Waals surface area contributed by atoms with E-state index >= 15 is 0 Å². The summed E-state index contributed by atoms with van der Waals surface area (Å²) >= 11 is -2.28. The second kappa shape index (κ2) is 11.9. The molecule has 0 radical (unpaired) electrons. The van der Waals surface area contributed by atoms with E-state index in [4.69, 9.17) is 9.84 Å². The molecule has 0 amide bonds. The monoisotopic (exact) mass is 559 g/mol. The number of rotatable bonds is 12. The molecule has 2 aromatic carbocycles. The number of fused-ring (bicyclic) bond motifs is 1. The standard InChI is InChI=1S/C24H28N6O6S2/c1-30-15-22(28-21(30)11-13-37(32)33)38(34,35)29-24-23(25-17-7-3-4-8-18(17)26-24)27-19-10-9-16(6-5-12-31)14-20(19)36-2/h3-4,7-10,14-15,31H,5-6,11-13H2,1-2H3,(H,25,27)(H,26,29)(H,32,33)/p-1. The molecule has 2 aromatic heterocycles. The molecule has 1 unspecified atom stereocenters. The summed E-state index contributed by atoms with van der Waals surface area (Å²) in [5, 5.41) is 12.0. The molecule has 0 spiro atoms. The Bertz CT molecular complexity index is 1570. The van der Waals surface area contributed by atoms with Gasteiger partial charge in [0.1, 0.15) is 11.6 Å². The summed E-state index contributed by atoms with van der Waals surface area (Å²) in [6.07, 6.45) is 2.66. The Morgan fingerprint density at radius 3 is 2.45 bits per heavy atom. The van der Waals surface area contributed by atoms with Crippen LogP contribution in [0.25, 0.3) is 11.0 Å². The van der Waals surface area contributed by atoms with Crippen LogP contribution < -0.4 is 14.8 Å². The Balaban J connectivity index is 1.70. The van der Waals surface area contributed by atoms with Gasteiger partial charge in [-0.3, -0.25) is 8.93 Å². The van der Waals surface area contributed by atoms with Gasteiger partial charge < -0.3 is 24.3 Å². The maximum atomic E-state index is 13.3. The fraction of sp³-hybridized carbons (Fsp3) is 0.292. The van der Waals surface area contributed by atoms with Crippen molar-refractivity contribution in [3.8, 4) is 5.75 Å². The maximum absolute atomic E-state index is 13.3. The van der Waals surface area contributed by atoms with Crippen LogP contribution in [0.2, 0.25) is 0 Å². The molecule has 38 heavy (non-hydrogen) atoms. The molecule has 1 atom stereocenters. The van der Waals surface area contributed by atoms with Crippen molar-refractivity contribution in [1.82, 2.24) is 19.5 Å². The zero-order valence-electron chi connectivity index (χ0n) is 20.7. The van der Waals surface area contributed by atoms with Gasteiger partial charge in [0, 0.05) is 32.0 Å². The zero-order chi connectivity index (χ0) is 27.3. The first-order chi connectivity index (χ1) is 18.2. The molecule has 0 saturated carbocycles. The maximum Gasteiger partial charge on any atom is 0.282 e. The van der Waals surface area contributed by atoms with Gasteiger partial charge in [0.05, 0.1) is 23.8 Å². The van der Waals surface area contributed by atoms with Gasteiger partial charge in [0.2, 0.25) is 0 Å². The second-order valence-electron chi connectivity index (χ2n) is 8.37. The highest BCUT2D eigenvalue weighted by atomic mass is 32.2. The summed E-state index contributed by atoms with van der Waals surface area (Å²) in [5.41, 5.74) is 2.53. The van der Waals surface area contributed by atoms with Gasteiger partial charge >= 0.3 is 0 Å². The number of nitrogens with zero attached hydrogens (tertiary/aromatic N) is 4. The molecule has 4 rings (SSSR count). The number of anilines is 3. The zero-order valence-corrected chi connectivity index (χ0v) is 22.4. The summed E-state index contributed by atoms with van der Waals surface area (Å²) in [6, 6.07) is 12.5. The molecule has 4 aromatic rings. The van der Waals surface area contributed by atoms with Gasteiger partial charge in [-0.15, -0.1) is 0 Å². The van der Waals surface area contributed by atoms with Gasteiger partial charge in [-0.1, -0.05) is 29.3 Å². The van der Waals surface area contributed by atoms with E-state index in [0.29, 0.717) is 41.1 Å². The van der Waals surface area contributed by atoms with Crippen molar-refractivity contribution in [2.45, 2.75) is 24.3 Å². The van der Waals surface area contributed by atoms with Crippen LogP contribution in [0.3, 0.4) is 0 Å². The van der Waals surface area contributed by atoms with Gasteiger partial charge in [0.15, 0.2) is 16.7 Å². The number of aryl methyl sites for hydroxylation is 3. The van der Waals surface area contributed by atoms with Crippen LogP contribution in [0.1, 0.15) is 17.8 Å². The first kappa shape index (κ1) is 27.4. The fourth-order valence-corrected chi connectivity index (χ4v) is 5.13. The number of benzene rings is 2. The molecule has 0 aliphatic rings. The molecular weight excluding hydrogens is 532 g/mol. The molecule has 0 aliphatic carbocycles. The highest BCUT2D eigenvalue weighted by molar-refractivity contribution is 7.92. The van der Waals surface area contributed by atoms with Gasteiger partial charge in [-0.2, -0.15) is 8.42 Å². The van der Waals surface area contributed by atoms with Gasteiger partial charge in [0.25, 0.3) is 10.0 Å². The van der Waals surface area contributed by atoms with Crippen molar-refractivity contribution < 1.29 is 27.0 Å². The van der Waals surface area contributed by atoms with E-state index in [9.17, 15) is 17.2 Å². The SMILES string of the molecule is COc1cc(CCCO)ccc1Nc1nc2ccccc2nc1NS(=O)(=O)c1cn(C)c(CCS(=O)[O-])n1. The Labute approximate surface area is 222 Å². The number of nitrogens with one attached hydrogen (secondary N) is 2.